The Morgan fingerprint density at radius 3 is 2.39 bits per heavy atom. The lowest BCUT2D eigenvalue weighted by atomic mass is 10.2. The van der Waals surface area contributed by atoms with E-state index in [-0.39, 0.29) is 18.2 Å². The number of carbonyl (C=O) groups excluding carboxylic acids is 3. The van der Waals surface area contributed by atoms with Crippen LogP contribution in [-0.2, 0) is 22.3 Å². The van der Waals surface area contributed by atoms with Gasteiger partial charge in [0.2, 0.25) is 5.91 Å². The molecule has 3 amide bonds. The Morgan fingerprint density at radius 1 is 1.07 bits per heavy atom. The quantitative estimate of drug-likeness (QED) is 0.413. The fourth-order valence-corrected chi connectivity index (χ4v) is 3.64. The van der Waals surface area contributed by atoms with Crippen LogP contribution in [0.1, 0.15) is 49.4 Å². The monoisotopic (exact) mass is 576 g/mol. The first-order chi connectivity index (χ1) is 19.1. The standard InChI is InChI=1S/C27H31F3N6O5/c1-16(32-25(39)41-26(2,3)4)24(38)35(5)21-12-9-13-22(33-21)36-18(14-20(34-36)27(28,29)30)23(37)31-15-17-10-7-8-11-19(17)40-6/h7-14,16H,15H2,1-6H3,(H,31,37)(H,32,39)/t16-/m0/s1. The third kappa shape index (κ3) is 7.96. The second-order valence-corrected chi connectivity index (χ2v) is 9.94. The number of nitrogens with zero attached hydrogens (tertiary/aromatic N) is 4. The smallest absolute Gasteiger partial charge is 0.435 e. The molecule has 1 atom stereocenters. The number of benzene rings is 1. The van der Waals surface area contributed by atoms with E-state index in [1.54, 1.807) is 45.0 Å². The molecule has 0 spiro atoms. The molecule has 3 rings (SSSR count). The number of carbonyl (C=O) groups is 3. The minimum Gasteiger partial charge on any atom is -0.496 e. The first kappa shape index (κ1) is 30.9. The first-order valence-electron chi connectivity index (χ1n) is 12.4. The van der Waals surface area contributed by atoms with Crippen LogP contribution in [0.25, 0.3) is 5.82 Å². The Kier molecular flexibility index (Phi) is 9.25. The van der Waals surface area contributed by atoms with Crippen molar-refractivity contribution < 1.29 is 37.0 Å². The average molecular weight is 577 g/mol. The summed E-state index contributed by atoms with van der Waals surface area (Å²) in [6, 6.07) is 10.7. The van der Waals surface area contributed by atoms with Crippen LogP contribution >= 0.6 is 0 Å². The van der Waals surface area contributed by atoms with E-state index in [0.717, 1.165) is 9.58 Å². The molecule has 0 aliphatic carbocycles. The number of hydrogen-bond donors (Lipinski definition) is 2. The maximum absolute atomic E-state index is 13.6. The maximum Gasteiger partial charge on any atom is 0.435 e. The molecule has 2 aromatic heterocycles. The number of nitrogens with one attached hydrogen (secondary N) is 2. The van der Waals surface area contributed by atoms with Crippen LogP contribution in [0, 0.1) is 0 Å². The minimum atomic E-state index is -4.84. The molecule has 14 heteroatoms. The van der Waals surface area contributed by atoms with Gasteiger partial charge < -0.3 is 20.1 Å². The molecule has 2 heterocycles. The van der Waals surface area contributed by atoms with Crippen LogP contribution in [0.3, 0.4) is 0 Å². The second-order valence-electron chi connectivity index (χ2n) is 9.94. The zero-order valence-electron chi connectivity index (χ0n) is 23.4. The van der Waals surface area contributed by atoms with Gasteiger partial charge in [0.15, 0.2) is 11.5 Å². The maximum atomic E-state index is 13.6. The number of pyridine rings is 1. The van der Waals surface area contributed by atoms with Crippen LogP contribution in [0.15, 0.2) is 48.5 Å². The van der Waals surface area contributed by atoms with Gasteiger partial charge in [-0.15, -0.1) is 0 Å². The highest BCUT2D eigenvalue weighted by molar-refractivity contribution is 5.97. The van der Waals surface area contributed by atoms with Gasteiger partial charge in [0.05, 0.1) is 7.11 Å². The van der Waals surface area contributed by atoms with Crippen LogP contribution < -0.4 is 20.3 Å². The van der Waals surface area contributed by atoms with E-state index in [4.69, 9.17) is 9.47 Å². The van der Waals surface area contributed by atoms with Crippen LogP contribution in [0.5, 0.6) is 5.75 Å². The molecular formula is C27H31F3N6O5. The van der Waals surface area contributed by atoms with Crippen molar-refractivity contribution in [1.29, 1.82) is 0 Å². The highest BCUT2D eigenvalue weighted by atomic mass is 19.4. The second kappa shape index (κ2) is 12.3. The van der Waals surface area contributed by atoms with E-state index < -0.39 is 47.1 Å². The SMILES string of the molecule is COc1ccccc1CNC(=O)c1cc(C(F)(F)F)nn1-c1cccc(N(C)C(=O)[C@H](C)NC(=O)OC(C)(C)C)n1. The van der Waals surface area contributed by atoms with Gasteiger partial charge in [-0.25, -0.2) is 14.5 Å². The van der Waals surface area contributed by atoms with E-state index >= 15 is 0 Å². The largest absolute Gasteiger partial charge is 0.496 e. The van der Waals surface area contributed by atoms with E-state index in [1.165, 1.54) is 39.3 Å². The summed E-state index contributed by atoms with van der Waals surface area (Å²) in [6.45, 7) is 6.44. The van der Waals surface area contributed by atoms with Crippen molar-refractivity contribution in [2.45, 2.75) is 52.1 Å². The lowest BCUT2D eigenvalue weighted by Gasteiger charge is -2.24. The number of alkyl carbamates (subject to hydrolysis) is 1. The number of aromatic nitrogens is 3. The number of hydrogen-bond acceptors (Lipinski definition) is 7. The molecule has 0 fully saturated rings. The number of ether oxygens (including phenoxy) is 2. The number of halogens is 3. The molecule has 0 aliphatic rings. The number of rotatable bonds is 8. The molecule has 11 nitrogen and oxygen atoms in total. The Balaban J connectivity index is 1.87. The lowest BCUT2D eigenvalue weighted by molar-refractivity contribution is -0.141. The molecule has 41 heavy (non-hydrogen) atoms. The van der Waals surface area contributed by atoms with Gasteiger partial charge in [-0.05, 0) is 45.9 Å². The van der Waals surface area contributed by atoms with Crippen LogP contribution in [0.2, 0.25) is 0 Å². The third-order valence-corrected chi connectivity index (χ3v) is 5.58. The summed E-state index contributed by atoms with van der Waals surface area (Å²) in [5.74, 6) is -1.03. The molecule has 0 saturated carbocycles. The Bertz CT molecular complexity index is 1420. The molecule has 220 valence electrons. The molecule has 0 bridgehead atoms. The fourth-order valence-electron chi connectivity index (χ4n) is 3.64. The van der Waals surface area contributed by atoms with Gasteiger partial charge in [0.1, 0.15) is 28.9 Å². The van der Waals surface area contributed by atoms with Crippen LogP contribution in [-0.4, -0.2) is 58.5 Å². The van der Waals surface area contributed by atoms with E-state index in [9.17, 15) is 27.6 Å². The average Bonchev–Trinajstić information content (AvgIpc) is 3.36. The highest BCUT2D eigenvalue weighted by Crippen LogP contribution is 2.30. The molecule has 3 aromatic rings. The first-order valence-corrected chi connectivity index (χ1v) is 12.4. The van der Waals surface area contributed by atoms with E-state index in [1.807, 2.05) is 0 Å². The predicted octanol–water partition coefficient (Wildman–Crippen LogP) is 4.10. The number of anilines is 1. The Hall–Kier alpha value is -4.62. The van der Waals surface area contributed by atoms with Crippen molar-refractivity contribution in [3.63, 3.8) is 0 Å². The van der Waals surface area contributed by atoms with Crippen molar-refractivity contribution >= 4 is 23.7 Å². The molecule has 2 N–H and O–H groups in total. The van der Waals surface area contributed by atoms with Crippen molar-refractivity contribution in [3.05, 3.63) is 65.5 Å². The summed E-state index contributed by atoms with van der Waals surface area (Å²) < 4.78 is 51.9. The normalized spacial score (nSPS) is 12.3. The zero-order chi connectivity index (χ0) is 30.5. The highest BCUT2D eigenvalue weighted by Gasteiger charge is 2.36. The summed E-state index contributed by atoms with van der Waals surface area (Å²) in [5, 5.41) is 8.59. The van der Waals surface area contributed by atoms with Crippen molar-refractivity contribution in [3.8, 4) is 11.6 Å². The number of likely N-dealkylation sites (N-methyl/N-ethyl adjacent to an activating group) is 1. The van der Waals surface area contributed by atoms with Gasteiger partial charge in [-0.3, -0.25) is 14.5 Å². The van der Waals surface area contributed by atoms with Gasteiger partial charge in [0.25, 0.3) is 5.91 Å². The minimum absolute atomic E-state index is 0.0252. The topological polar surface area (TPSA) is 128 Å². The molecule has 1 aromatic carbocycles. The van der Waals surface area contributed by atoms with Gasteiger partial charge in [0, 0.05) is 25.2 Å². The van der Waals surface area contributed by atoms with Gasteiger partial charge in [-0.2, -0.15) is 18.3 Å². The zero-order valence-corrected chi connectivity index (χ0v) is 23.4. The van der Waals surface area contributed by atoms with Gasteiger partial charge in [-0.1, -0.05) is 24.3 Å². The number of methoxy groups -OCH3 is 1. The summed E-state index contributed by atoms with van der Waals surface area (Å²) >= 11 is 0. The summed E-state index contributed by atoms with van der Waals surface area (Å²) in [4.78, 5) is 43.4. The Labute approximate surface area is 234 Å². The summed E-state index contributed by atoms with van der Waals surface area (Å²) in [6.07, 6.45) is -5.63. The predicted molar refractivity (Wildman–Crippen MR) is 143 cm³/mol. The Morgan fingerprint density at radius 2 is 1.76 bits per heavy atom. The van der Waals surface area contributed by atoms with Crippen molar-refractivity contribution in [2.24, 2.45) is 0 Å². The number of para-hydroxylation sites is 1. The summed E-state index contributed by atoms with van der Waals surface area (Å²) in [7, 11) is 2.84. The van der Waals surface area contributed by atoms with E-state index in [2.05, 4.69) is 20.7 Å². The third-order valence-electron chi connectivity index (χ3n) is 5.58. The molecule has 0 saturated heterocycles. The van der Waals surface area contributed by atoms with Crippen molar-refractivity contribution in [1.82, 2.24) is 25.4 Å². The molecule has 0 radical (unpaired) electrons. The molecule has 0 aliphatic heterocycles. The van der Waals surface area contributed by atoms with Crippen LogP contribution in [0.4, 0.5) is 23.8 Å². The summed E-state index contributed by atoms with van der Waals surface area (Å²) in [5.41, 5.74) is -1.89. The molecule has 0 unspecified atom stereocenters. The van der Waals surface area contributed by atoms with E-state index in [0.29, 0.717) is 17.4 Å². The number of amides is 3. The van der Waals surface area contributed by atoms with Crippen molar-refractivity contribution in [2.75, 3.05) is 19.1 Å². The fraction of sp³-hybridized carbons (Fsp3) is 0.370. The van der Waals surface area contributed by atoms with Gasteiger partial charge >= 0.3 is 12.3 Å². The lowest BCUT2D eigenvalue weighted by Crippen LogP contribution is -2.47. The molecular weight excluding hydrogens is 545 g/mol. The number of alkyl halides is 3.